The summed E-state index contributed by atoms with van der Waals surface area (Å²) < 4.78 is 46.4. The number of hydrogen-bond donors (Lipinski definition) is 1. The highest BCUT2D eigenvalue weighted by Crippen LogP contribution is 2.43. The molecule has 1 N–H and O–H groups in total. The van der Waals surface area contributed by atoms with Crippen LogP contribution in [0, 0.1) is 11.8 Å². The minimum atomic E-state index is -3.86. The van der Waals surface area contributed by atoms with Crippen LogP contribution < -0.4 is 14.4 Å². The molecule has 0 spiro atoms. The first-order chi connectivity index (χ1) is 21.2. The molecule has 2 aromatic carbocycles. The lowest BCUT2D eigenvalue weighted by atomic mass is 9.70. The fraction of sp³-hybridized carbons (Fsp3) is 0.559. The van der Waals surface area contributed by atoms with Gasteiger partial charge >= 0.3 is 0 Å². The number of hydrogen-bond acceptors (Lipinski definition) is 7. The van der Waals surface area contributed by atoms with E-state index in [9.17, 15) is 13.2 Å². The van der Waals surface area contributed by atoms with E-state index in [2.05, 4.69) is 34.8 Å². The largest absolute Gasteiger partial charge is 0.491 e. The Labute approximate surface area is 267 Å². The van der Waals surface area contributed by atoms with Crippen LogP contribution in [0.5, 0.6) is 5.75 Å². The van der Waals surface area contributed by atoms with Crippen LogP contribution in [0.1, 0.15) is 73.4 Å². The number of nitrogens with zero attached hydrogens (tertiary/aromatic N) is 1. The first-order valence-electron chi connectivity index (χ1n) is 15.8. The highest BCUT2D eigenvalue weighted by Gasteiger charge is 2.39. The van der Waals surface area contributed by atoms with Crippen LogP contribution in [0.3, 0.4) is 0 Å². The van der Waals surface area contributed by atoms with Crippen molar-refractivity contribution in [3.8, 4) is 5.75 Å². The number of nitrogens with one attached hydrogen (secondary N) is 1. The third-order valence-electron chi connectivity index (χ3n) is 9.29. The summed E-state index contributed by atoms with van der Waals surface area (Å²) >= 11 is 6.41. The predicted octanol–water partition coefficient (Wildman–Crippen LogP) is 6.13. The predicted molar refractivity (Wildman–Crippen MR) is 174 cm³/mol. The second-order valence-electron chi connectivity index (χ2n) is 12.3. The zero-order valence-electron chi connectivity index (χ0n) is 26.0. The summed E-state index contributed by atoms with van der Waals surface area (Å²) in [7, 11) is -2.20. The van der Waals surface area contributed by atoms with Gasteiger partial charge in [0.25, 0.3) is 5.91 Å². The number of aryl methyl sites for hydroxylation is 1. The summed E-state index contributed by atoms with van der Waals surface area (Å²) in [5.74, 6) is 0.845. The molecule has 2 bridgehead atoms. The van der Waals surface area contributed by atoms with Gasteiger partial charge in [0.1, 0.15) is 5.75 Å². The maximum absolute atomic E-state index is 13.3. The number of ether oxygens (including phenoxy) is 3. The average molecular weight is 645 g/mol. The zero-order chi connectivity index (χ0) is 31.3. The van der Waals surface area contributed by atoms with E-state index in [1.165, 1.54) is 11.1 Å². The van der Waals surface area contributed by atoms with E-state index in [0.717, 1.165) is 42.9 Å². The molecular formula is C34H45ClN2O6S. The molecule has 0 saturated heterocycles. The van der Waals surface area contributed by atoms with E-state index in [-0.39, 0.29) is 12.0 Å². The third kappa shape index (κ3) is 7.61. The van der Waals surface area contributed by atoms with Crippen LogP contribution in [0.15, 0.2) is 48.6 Å². The lowest BCUT2D eigenvalue weighted by molar-refractivity contribution is -0.0308. The maximum atomic E-state index is 13.3. The van der Waals surface area contributed by atoms with Crippen LogP contribution in [0.25, 0.3) is 0 Å². The van der Waals surface area contributed by atoms with Crippen molar-refractivity contribution in [2.45, 2.75) is 69.6 Å². The van der Waals surface area contributed by atoms with E-state index in [0.29, 0.717) is 62.4 Å². The highest BCUT2D eigenvalue weighted by molar-refractivity contribution is 7.90. The van der Waals surface area contributed by atoms with Crippen LogP contribution in [0.4, 0.5) is 5.69 Å². The van der Waals surface area contributed by atoms with Gasteiger partial charge in [-0.2, -0.15) is 0 Å². The molecule has 2 heterocycles. The smallest absolute Gasteiger partial charge is 0.264 e. The van der Waals surface area contributed by atoms with Gasteiger partial charge in [0.15, 0.2) is 0 Å². The summed E-state index contributed by atoms with van der Waals surface area (Å²) in [5.41, 5.74) is 3.55. The number of amides is 1. The van der Waals surface area contributed by atoms with E-state index >= 15 is 0 Å². The molecule has 0 radical (unpaired) electrons. The van der Waals surface area contributed by atoms with Crippen molar-refractivity contribution >= 4 is 33.2 Å². The fourth-order valence-electron chi connectivity index (χ4n) is 6.59. The number of sulfonamides is 1. The SMILES string of the molecule is CCCc1cc(Cl)ccc1C1COc2ccc3cc2N(C1)CC1CCC1C(OCCOC)/C=C/CCC(C)S(=O)(=O)NC3=O. The molecule has 10 heteroatoms. The molecule has 5 unspecified atom stereocenters. The lowest BCUT2D eigenvalue weighted by Crippen LogP contribution is -2.45. The first kappa shape index (κ1) is 32.8. The molecular weight excluding hydrogens is 600 g/mol. The van der Waals surface area contributed by atoms with Crippen molar-refractivity contribution in [1.29, 1.82) is 0 Å². The maximum Gasteiger partial charge on any atom is 0.264 e. The average Bonchev–Trinajstić information content (AvgIpc) is 3.16. The Morgan fingerprint density at radius 2 is 1.93 bits per heavy atom. The molecule has 44 heavy (non-hydrogen) atoms. The summed E-state index contributed by atoms with van der Waals surface area (Å²) in [5, 5.41) is -0.00345. The second kappa shape index (κ2) is 14.7. The van der Waals surface area contributed by atoms with Crippen LogP contribution in [-0.2, 0) is 25.9 Å². The minimum absolute atomic E-state index is 0.0810. The van der Waals surface area contributed by atoms with Crippen LogP contribution >= 0.6 is 11.6 Å². The number of allylic oxidation sites excluding steroid dienone is 1. The molecule has 0 aromatic heterocycles. The summed E-state index contributed by atoms with van der Waals surface area (Å²) in [6.07, 6.45) is 9.08. The number of benzene rings is 2. The summed E-state index contributed by atoms with van der Waals surface area (Å²) in [6, 6.07) is 11.4. The molecule has 2 aliphatic heterocycles. The molecule has 3 aliphatic rings. The molecule has 1 fully saturated rings. The first-order valence-corrected chi connectivity index (χ1v) is 17.8. The van der Waals surface area contributed by atoms with Gasteiger partial charge in [-0.3, -0.25) is 4.79 Å². The van der Waals surface area contributed by atoms with Gasteiger partial charge in [-0.05, 0) is 92.3 Å². The van der Waals surface area contributed by atoms with Crippen molar-refractivity contribution in [2.24, 2.45) is 11.8 Å². The zero-order valence-corrected chi connectivity index (χ0v) is 27.5. The standard InChI is InChI=1S/C34H45ClN2O6S/c1-4-7-24-18-28(35)12-14-29(24)27-21-37-20-26-10-13-30(26)32(42-17-16-41-3)9-6-5-8-23(2)44(39,40)36-34(38)25-11-15-33(43-22-27)31(37)19-25/h6,9,11-12,14-15,18-19,23,26-27,30,32H,4-5,7-8,10,13,16-17,20-22H2,1-3H3,(H,36,38)/b9-6+. The number of anilines is 1. The van der Waals surface area contributed by atoms with Gasteiger partial charge in [-0.15, -0.1) is 0 Å². The highest BCUT2D eigenvalue weighted by atomic mass is 35.5. The Balaban J connectivity index is 1.53. The Bertz CT molecular complexity index is 1450. The lowest BCUT2D eigenvalue weighted by Gasteiger charge is -2.44. The molecule has 5 rings (SSSR count). The van der Waals surface area contributed by atoms with Gasteiger partial charge in [0.05, 0.1) is 36.9 Å². The van der Waals surface area contributed by atoms with Gasteiger partial charge < -0.3 is 19.1 Å². The Hall–Kier alpha value is -2.59. The quantitative estimate of drug-likeness (QED) is 0.286. The molecule has 240 valence electrons. The van der Waals surface area contributed by atoms with Crippen LogP contribution in [0.2, 0.25) is 5.02 Å². The Morgan fingerprint density at radius 3 is 2.68 bits per heavy atom. The second-order valence-corrected chi connectivity index (χ2v) is 14.8. The summed E-state index contributed by atoms with van der Waals surface area (Å²) in [4.78, 5) is 15.6. The van der Waals surface area contributed by atoms with Gasteiger partial charge in [-0.25, -0.2) is 13.1 Å². The topological polar surface area (TPSA) is 94.2 Å². The van der Waals surface area contributed by atoms with Gasteiger partial charge in [-0.1, -0.05) is 43.2 Å². The van der Waals surface area contributed by atoms with Gasteiger partial charge in [0, 0.05) is 36.7 Å². The molecule has 8 nitrogen and oxygen atoms in total. The van der Waals surface area contributed by atoms with E-state index < -0.39 is 21.2 Å². The van der Waals surface area contributed by atoms with Gasteiger partial charge in [0.2, 0.25) is 10.0 Å². The number of fused-ring (bicyclic) bond motifs is 2. The number of carbonyl (C=O) groups excluding carboxylic acids is 1. The fourth-order valence-corrected chi connectivity index (χ4v) is 7.80. The summed E-state index contributed by atoms with van der Waals surface area (Å²) in [6.45, 7) is 6.76. The van der Waals surface area contributed by atoms with E-state index in [1.807, 2.05) is 12.1 Å². The molecule has 1 amide bonds. The number of rotatable bonds is 7. The third-order valence-corrected chi connectivity index (χ3v) is 11.3. The molecule has 1 saturated carbocycles. The van der Waals surface area contributed by atoms with Crippen molar-refractivity contribution in [3.05, 3.63) is 70.3 Å². The van der Waals surface area contributed by atoms with Crippen molar-refractivity contribution in [1.82, 2.24) is 4.72 Å². The Morgan fingerprint density at radius 1 is 1.09 bits per heavy atom. The normalized spacial score (nSPS) is 27.7. The van der Waals surface area contributed by atoms with Crippen molar-refractivity contribution in [2.75, 3.05) is 44.9 Å². The molecule has 2 aromatic rings. The molecule has 5 atom stereocenters. The van der Waals surface area contributed by atoms with E-state index in [1.54, 1.807) is 32.2 Å². The molecule has 1 aliphatic carbocycles. The van der Waals surface area contributed by atoms with Crippen LogP contribution in [-0.4, -0.2) is 65.7 Å². The number of methoxy groups -OCH3 is 1. The number of carbonyl (C=O) groups is 1. The minimum Gasteiger partial charge on any atom is -0.491 e. The van der Waals surface area contributed by atoms with E-state index in [4.69, 9.17) is 25.8 Å². The number of halogens is 1. The van der Waals surface area contributed by atoms with Crippen molar-refractivity contribution in [3.63, 3.8) is 0 Å². The monoisotopic (exact) mass is 644 g/mol. The van der Waals surface area contributed by atoms with Crippen molar-refractivity contribution < 1.29 is 27.4 Å². The Kier molecular flexibility index (Phi) is 10.9.